The van der Waals surface area contributed by atoms with Crippen molar-refractivity contribution in [3.8, 4) is 10.4 Å². The Bertz CT molecular complexity index is 1260. The van der Waals surface area contributed by atoms with Crippen molar-refractivity contribution in [1.82, 2.24) is 20.1 Å². The molecule has 1 aliphatic rings. The van der Waals surface area contributed by atoms with Crippen molar-refractivity contribution >= 4 is 23.2 Å². The van der Waals surface area contributed by atoms with Crippen LogP contribution in [0.5, 0.6) is 0 Å². The van der Waals surface area contributed by atoms with E-state index in [0.717, 1.165) is 21.6 Å². The van der Waals surface area contributed by atoms with Crippen LogP contribution in [0.25, 0.3) is 10.4 Å². The number of nitrogens with one attached hydrogen (secondary N) is 1. The highest BCUT2D eigenvalue weighted by molar-refractivity contribution is 7.13. The zero-order valence-corrected chi connectivity index (χ0v) is 23.0. The first-order chi connectivity index (χ1) is 19.1. The average Bonchev–Trinajstić information content (AvgIpc) is 3.46. The summed E-state index contributed by atoms with van der Waals surface area (Å²) in [5, 5.41) is 4.19. The van der Waals surface area contributed by atoms with Gasteiger partial charge in [0, 0.05) is 61.9 Å². The first kappa shape index (κ1) is 29.7. The van der Waals surface area contributed by atoms with Gasteiger partial charge >= 0.3 is 6.18 Å². The minimum atomic E-state index is -4.53. The number of nitrogens with zero attached hydrogens (tertiary/aromatic N) is 3. The van der Waals surface area contributed by atoms with Crippen LogP contribution in [0, 0.1) is 0 Å². The minimum absolute atomic E-state index is 0.222. The van der Waals surface area contributed by atoms with Crippen molar-refractivity contribution in [2.45, 2.75) is 43.9 Å². The van der Waals surface area contributed by atoms with Gasteiger partial charge in [0.2, 0.25) is 11.8 Å². The maximum Gasteiger partial charge on any atom is 0.405 e. The van der Waals surface area contributed by atoms with Crippen LogP contribution in [0.2, 0.25) is 0 Å². The number of unbranched alkanes of at least 4 members (excludes halogenated alkanes) is 1. The normalized spacial score (nSPS) is 18.5. The van der Waals surface area contributed by atoms with Crippen LogP contribution < -0.4 is 11.1 Å². The molecule has 3 heterocycles. The predicted octanol–water partition coefficient (Wildman–Crippen LogP) is 4.24. The lowest BCUT2D eigenvalue weighted by atomic mass is 9.84. The minimum Gasteiger partial charge on any atom is -0.370 e. The summed E-state index contributed by atoms with van der Waals surface area (Å²) in [5.41, 5.74) is 6.87. The summed E-state index contributed by atoms with van der Waals surface area (Å²) >= 11 is 1.62. The van der Waals surface area contributed by atoms with Gasteiger partial charge in [0.1, 0.15) is 12.1 Å². The Balaban J connectivity index is 1.62. The Morgan fingerprint density at radius 1 is 1.05 bits per heavy atom. The number of halogens is 3. The quantitative estimate of drug-likeness (QED) is 0.316. The number of primary amides is 1. The molecule has 1 aromatic carbocycles. The second kappa shape index (κ2) is 13.4. The number of amides is 2. The highest BCUT2D eigenvalue weighted by atomic mass is 32.1. The van der Waals surface area contributed by atoms with Crippen molar-refractivity contribution in [2.24, 2.45) is 5.73 Å². The summed E-state index contributed by atoms with van der Waals surface area (Å²) in [6.07, 6.45) is 0.676. The molecule has 4 rings (SSSR count). The first-order valence-corrected chi connectivity index (χ1v) is 14.2. The number of carbonyl (C=O) groups is 2. The Hall–Kier alpha value is -3.28. The second-order valence-corrected chi connectivity index (χ2v) is 11.1. The number of piperazine rings is 1. The van der Waals surface area contributed by atoms with Crippen LogP contribution in [0.3, 0.4) is 0 Å². The Labute approximate surface area is 236 Å². The third-order valence-electron chi connectivity index (χ3n) is 7.10. The van der Waals surface area contributed by atoms with E-state index in [0.29, 0.717) is 39.0 Å². The Morgan fingerprint density at radius 2 is 1.85 bits per heavy atom. The fourth-order valence-electron chi connectivity index (χ4n) is 5.24. The summed E-state index contributed by atoms with van der Waals surface area (Å²) < 4.78 is 39.6. The van der Waals surface area contributed by atoms with Gasteiger partial charge in [-0.15, -0.1) is 11.3 Å². The molecule has 1 aliphatic heterocycles. The van der Waals surface area contributed by atoms with Gasteiger partial charge < -0.3 is 11.1 Å². The van der Waals surface area contributed by atoms with Gasteiger partial charge in [0.15, 0.2) is 0 Å². The molecular formula is C29H34F3N5O2S. The lowest BCUT2D eigenvalue weighted by Crippen LogP contribution is -2.70. The van der Waals surface area contributed by atoms with Gasteiger partial charge in [-0.1, -0.05) is 36.4 Å². The van der Waals surface area contributed by atoms with Gasteiger partial charge in [-0.3, -0.25) is 24.4 Å². The standard InChI is InChI=1S/C29H34F3N5O2S/c30-29(31,32)20-35-27(39)28(16-22-7-2-1-3-8-22)21-36(12-13-37(28)11-5-4-10-26(33)38)19-23-15-24(18-34-17-23)25-9-6-14-40-25/h1-3,6-9,14-15,17-18H,4-5,10-13,16,19-21H2,(H2,33,38)(H,35,39). The molecule has 1 fully saturated rings. The zero-order valence-electron chi connectivity index (χ0n) is 22.2. The Morgan fingerprint density at radius 3 is 2.55 bits per heavy atom. The molecular weight excluding hydrogens is 539 g/mol. The number of hydrogen-bond acceptors (Lipinski definition) is 6. The van der Waals surface area contributed by atoms with E-state index in [2.05, 4.69) is 21.3 Å². The molecule has 3 N–H and O–H groups in total. The average molecular weight is 574 g/mol. The maximum atomic E-state index is 13.8. The lowest BCUT2D eigenvalue weighted by molar-refractivity contribution is -0.150. The van der Waals surface area contributed by atoms with E-state index < -0.39 is 30.1 Å². The third-order valence-corrected chi connectivity index (χ3v) is 8.01. The number of hydrogen-bond donors (Lipinski definition) is 2. The summed E-state index contributed by atoms with van der Waals surface area (Å²) in [6, 6.07) is 15.4. The zero-order chi connectivity index (χ0) is 28.6. The molecule has 2 amide bonds. The van der Waals surface area contributed by atoms with Crippen molar-refractivity contribution < 1.29 is 22.8 Å². The van der Waals surface area contributed by atoms with E-state index in [1.54, 1.807) is 17.5 Å². The molecule has 7 nitrogen and oxygen atoms in total. The molecule has 1 atom stereocenters. The second-order valence-electron chi connectivity index (χ2n) is 10.2. The van der Waals surface area contributed by atoms with E-state index in [-0.39, 0.29) is 19.4 Å². The highest BCUT2D eigenvalue weighted by Crippen LogP contribution is 2.30. The van der Waals surface area contributed by atoms with E-state index in [1.165, 1.54) is 0 Å². The van der Waals surface area contributed by atoms with Gasteiger partial charge in [-0.25, -0.2) is 0 Å². The van der Waals surface area contributed by atoms with Crippen molar-refractivity contribution in [3.63, 3.8) is 0 Å². The number of carbonyl (C=O) groups excluding carboxylic acids is 2. The van der Waals surface area contributed by atoms with Crippen molar-refractivity contribution in [3.05, 3.63) is 77.4 Å². The highest BCUT2D eigenvalue weighted by Gasteiger charge is 2.48. The molecule has 1 unspecified atom stereocenters. The van der Waals surface area contributed by atoms with Crippen LogP contribution >= 0.6 is 11.3 Å². The van der Waals surface area contributed by atoms with E-state index in [9.17, 15) is 22.8 Å². The summed E-state index contributed by atoms with van der Waals surface area (Å²) in [4.78, 5) is 34.6. The molecule has 0 spiro atoms. The van der Waals surface area contributed by atoms with Crippen molar-refractivity contribution in [1.29, 1.82) is 0 Å². The van der Waals surface area contributed by atoms with E-state index >= 15 is 0 Å². The molecule has 2 aromatic heterocycles. The monoisotopic (exact) mass is 573 g/mol. The van der Waals surface area contributed by atoms with Crippen LogP contribution in [0.15, 0.2) is 66.3 Å². The Kier molecular flexibility index (Phi) is 9.94. The molecule has 40 heavy (non-hydrogen) atoms. The molecule has 11 heteroatoms. The van der Waals surface area contributed by atoms with Crippen molar-refractivity contribution in [2.75, 3.05) is 32.7 Å². The molecule has 0 bridgehead atoms. The fourth-order valence-corrected chi connectivity index (χ4v) is 5.95. The third kappa shape index (κ3) is 8.12. The van der Waals surface area contributed by atoms with Gasteiger partial charge in [-0.05, 0) is 48.0 Å². The molecule has 0 aliphatic carbocycles. The number of alkyl halides is 3. The van der Waals surface area contributed by atoms with E-state index in [1.807, 2.05) is 58.9 Å². The van der Waals surface area contributed by atoms with Gasteiger partial charge in [0.05, 0.1) is 0 Å². The summed E-state index contributed by atoms with van der Waals surface area (Å²) in [5.74, 6) is -1.06. The number of thiophene rings is 1. The topological polar surface area (TPSA) is 91.6 Å². The fraction of sp³-hybridized carbons (Fsp3) is 0.414. The molecule has 214 valence electrons. The molecule has 0 radical (unpaired) electrons. The molecule has 1 saturated heterocycles. The smallest absolute Gasteiger partial charge is 0.370 e. The van der Waals surface area contributed by atoms with Crippen LogP contribution in [-0.4, -0.2) is 71.0 Å². The van der Waals surface area contributed by atoms with Crippen LogP contribution in [0.4, 0.5) is 13.2 Å². The van der Waals surface area contributed by atoms with Gasteiger partial charge in [0.25, 0.3) is 0 Å². The summed E-state index contributed by atoms with van der Waals surface area (Å²) in [6.45, 7) is 0.923. The molecule has 0 saturated carbocycles. The van der Waals surface area contributed by atoms with E-state index in [4.69, 9.17) is 5.73 Å². The SMILES string of the molecule is NC(=O)CCCCN1CCN(Cc2cncc(-c3cccs3)c2)CC1(Cc1ccccc1)C(=O)NCC(F)(F)F. The first-order valence-electron chi connectivity index (χ1n) is 13.3. The largest absolute Gasteiger partial charge is 0.405 e. The number of pyridine rings is 1. The van der Waals surface area contributed by atoms with Crippen LogP contribution in [-0.2, 0) is 22.6 Å². The van der Waals surface area contributed by atoms with Gasteiger partial charge in [-0.2, -0.15) is 13.2 Å². The number of benzene rings is 1. The predicted molar refractivity (Wildman–Crippen MR) is 149 cm³/mol. The maximum absolute atomic E-state index is 13.8. The number of aromatic nitrogens is 1. The lowest BCUT2D eigenvalue weighted by Gasteiger charge is -2.50. The number of nitrogens with two attached hydrogens (primary N) is 1. The van der Waals surface area contributed by atoms with Crippen LogP contribution in [0.1, 0.15) is 30.4 Å². The number of rotatable bonds is 12. The molecule has 3 aromatic rings. The summed E-state index contributed by atoms with van der Waals surface area (Å²) in [7, 11) is 0.